The molecule has 0 aromatic heterocycles. The Hall–Kier alpha value is -2.24. The number of aliphatic hydroxyl groups excluding tert-OH is 2. The summed E-state index contributed by atoms with van der Waals surface area (Å²) in [4.78, 5) is 49.8. The first-order valence-electron chi connectivity index (χ1n) is 16.1. The van der Waals surface area contributed by atoms with Gasteiger partial charge in [0.2, 0.25) is 0 Å². The van der Waals surface area contributed by atoms with E-state index in [0.717, 1.165) is 51.4 Å². The predicted molar refractivity (Wildman–Crippen MR) is 167 cm³/mol. The van der Waals surface area contributed by atoms with E-state index < -0.39 is 54.2 Å². The number of rotatable bonds is 26. The molecule has 0 saturated carbocycles. The van der Waals surface area contributed by atoms with Crippen LogP contribution in [-0.4, -0.2) is 67.1 Å². The first-order chi connectivity index (χ1) is 20.6. The molecule has 0 heterocycles. The molecule has 248 valence electrons. The van der Waals surface area contributed by atoms with Crippen LogP contribution in [-0.2, 0) is 34.8 Å². The van der Waals surface area contributed by atoms with Crippen LogP contribution in [0.3, 0.4) is 0 Å². The standard InChI is InChI=1S/2C12H20O5.2C4H9.Sn/c2*1-3-5-6-9(4-2)8-17-10(7-13)11(14)12(15)16;2*1-3-4-2;/h2*7,9,14H,3-6,8H2,1-2H3,(H,15,16);2*1,3-4H2,2H3;/q;;;;+2/p-2/b2*11-10-;;;. The Kier molecular flexibility index (Phi) is 22.9. The molecule has 2 atom stereocenters. The molecule has 2 unspecified atom stereocenters. The van der Waals surface area contributed by atoms with Crippen LogP contribution >= 0.6 is 0 Å². The molecule has 43 heavy (non-hydrogen) atoms. The van der Waals surface area contributed by atoms with E-state index in [-0.39, 0.29) is 46.5 Å². The molecule has 0 rings (SSSR count). The van der Waals surface area contributed by atoms with Crippen LogP contribution in [0, 0.1) is 11.8 Å². The molecule has 0 amide bonds. The summed E-state index contributed by atoms with van der Waals surface area (Å²) in [6, 6.07) is 0. The third kappa shape index (κ3) is 15.9. The first-order valence-corrected chi connectivity index (χ1v) is 22.5. The van der Waals surface area contributed by atoms with E-state index in [2.05, 4.69) is 13.8 Å². The second kappa shape index (κ2) is 24.1. The Morgan fingerprint density at radius 3 is 1.26 bits per heavy atom. The number of ether oxygens (including phenoxy) is 2. The number of aliphatic hydroxyl groups is 2. The van der Waals surface area contributed by atoms with Crippen molar-refractivity contribution < 1.29 is 45.0 Å². The van der Waals surface area contributed by atoms with Gasteiger partial charge in [-0.2, -0.15) is 0 Å². The van der Waals surface area contributed by atoms with Gasteiger partial charge in [-0.15, -0.1) is 0 Å². The molecule has 0 bridgehead atoms. The van der Waals surface area contributed by atoms with E-state index in [1.807, 2.05) is 27.7 Å². The van der Waals surface area contributed by atoms with Gasteiger partial charge in [0.25, 0.3) is 0 Å². The van der Waals surface area contributed by atoms with Crippen LogP contribution in [0.2, 0.25) is 8.87 Å². The van der Waals surface area contributed by atoms with Crippen LogP contribution in [0.1, 0.15) is 119 Å². The van der Waals surface area contributed by atoms with Crippen LogP contribution in [0.4, 0.5) is 0 Å². The number of aldehydes is 2. The van der Waals surface area contributed by atoms with Gasteiger partial charge >= 0.3 is 264 Å². The van der Waals surface area contributed by atoms with Crippen molar-refractivity contribution in [3.8, 4) is 0 Å². The Morgan fingerprint density at radius 1 is 0.628 bits per heavy atom. The molecule has 0 aromatic carbocycles. The Balaban J connectivity index is 6.11. The van der Waals surface area contributed by atoms with Crippen molar-refractivity contribution in [3.05, 3.63) is 23.0 Å². The summed E-state index contributed by atoms with van der Waals surface area (Å²) in [6.45, 7) is 12.3. The van der Waals surface area contributed by atoms with E-state index in [0.29, 0.717) is 25.7 Å². The SMILES string of the molecule is CCCCC(CC)CO/C(C=O)=C(\O)C(=O)[O][Sn]([CH2]CCC)([CH2]CCC)[O]C(=O)/C(O)=C(\C=O)OCC(CC)CCCC. The maximum absolute atomic E-state index is 13.1. The average Bonchev–Trinajstić information content (AvgIpc) is 3.01. The topological polar surface area (TPSA) is 146 Å². The molecule has 2 N–H and O–H groups in total. The minimum absolute atomic E-state index is 0.148. The van der Waals surface area contributed by atoms with Gasteiger partial charge in [-0.25, -0.2) is 0 Å². The van der Waals surface area contributed by atoms with Crippen molar-refractivity contribution in [1.82, 2.24) is 0 Å². The number of carbonyl (C=O) groups is 4. The summed E-state index contributed by atoms with van der Waals surface area (Å²) in [5.41, 5.74) is 0. The second-order valence-corrected chi connectivity index (χ2v) is 20.2. The Morgan fingerprint density at radius 2 is 0.977 bits per heavy atom. The molecule has 0 radical (unpaired) electrons. The van der Waals surface area contributed by atoms with Crippen molar-refractivity contribution in [2.45, 2.75) is 127 Å². The quantitative estimate of drug-likeness (QED) is 0.0399. The van der Waals surface area contributed by atoms with Gasteiger partial charge in [-0.05, 0) is 0 Å². The Bertz CT molecular complexity index is 827. The van der Waals surface area contributed by atoms with Crippen molar-refractivity contribution in [1.29, 1.82) is 0 Å². The number of hydrogen-bond donors (Lipinski definition) is 2. The average molecular weight is 720 g/mol. The van der Waals surface area contributed by atoms with Crippen molar-refractivity contribution in [2.75, 3.05) is 13.2 Å². The summed E-state index contributed by atoms with van der Waals surface area (Å²) in [5.74, 6) is -5.17. The maximum atomic E-state index is 13.1. The molecule has 11 heteroatoms. The van der Waals surface area contributed by atoms with Gasteiger partial charge < -0.3 is 0 Å². The molecular formula is C32H56O10Sn. The summed E-state index contributed by atoms with van der Waals surface area (Å²) in [6.07, 6.45) is 10.5. The second-order valence-electron chi connectivity index (χ2n) is 11.0. The fraction of sp³-hybridized carbons (Fsp3) is 0.750. The van der Waals surface area contributed by atoms with Crippen LogP contribution in [0.5, 0.6) is 0 Å². The van der Waals surface area contributed by atoms with E-state index in [1.165, 1.54) is 0 Å². The molecule has 0 aliphatic carbocycles. The van der Waals surface area contributed by atoms with E-state index >= 15 is 0 Å². The molecule has 0 fully saturated rings. The number of hydrogen-bond acceptors (Lipinski definition) is 10. The fourth-order valence-corrected chi connectivity index (χ4v) is 14.0. The van der Waals surface area contributed by atoms with Crippen LogP contribution in [0.15, 0.2) is 23.0 Å². The molecule has 0 aliphatic heterocycles. The van der Waals surface area contributed by atoms with Gasteiger partial charge in [0, 0.05) is 0 Å². The molecule has 0 saturated heterocycles. The predicted octanol–water partition coefficient (Wildman–Crippen LogP) is 7.52. The summed E-state index contributed by atoms with van der Waals surface area (Å²) in [7, 11) is 0. The van der Waals surface area contributed by atoms with Gasteiger partial charge in [-0.1, -0.05) is 0 Å². The van der Waals surface area contributed by atoms with Gasteiger partial charge in [0.15, 0.2) is 0 Å². The third-order valence-electron chi connectivity index (χ3n) is 7.48. The zero-order valence-corrected chi connectivity index (χ0v) is 30.1. The normalized spacial score (nSPS) is 14.1. The van der Waals surface area contributed by atoms with Gasteiger partial charge in [-0.3, -0.25) is 0 Å². The summed E-state index contributed by atoms with van der Waals surface area (Å²) in [5, 5.41) is 21.3. The number of unbranched alkanes of at least 4 members (excludes halogenated alkanes) is 4. The van der Waals surface area contributed by atoms with Crippen molar-refractivity contribution in [2.24, 2.45) is 11.8 Å². The first kappa shape index (κ1) is 40.8. The number of carbonyl (C=O) groups excluding carboxylic acids is 4. The zero-order chi connectivity index (χ0) is 32.7. The van der Waals surface area contributed by atoms with E-state index in [4.69, 9.17) is 15.6 Å². The van der Waals surface area contributed by atoms with Crippen LogP contribution in [0.25, 0.3) is 0 Å². The summed E-state index contributed by atoms with van der Waals surface area (Å²) >= 11 is -4.74. The van der Waals surface area contributed by atoms with Crippen molar-refractivity contribution in [3.63, 3.8) is 0 Å². The Labute approximate surface area is 263 Å². The molecule has 0 spiro atoms. The van der Waals surface area contributed by atoms with Gasteiger partial charge in [0.05, 0.1) is 0 Å². The molecule has 0 aromatic rings. The van der Waals surface area contributed by atoms with E-state index in [9.17, 15) is 29.4 Å². The van der Waals surface area contributed by atoms with Gasteiger partial charge in [0.1, 0.15) is 0 Å². The minimum atomic E-state index is -4.74. The van der Waals surface area contributed by atoms with E-state index in [1.54, 1.807) is 0 Å². The number of allylic oxidation sites excluding steroid dienone is 2. The zero-order valence-electron chi connectivity index (χ0n) is 27.3. The van der Waals surface area contributed by atoms with Crippen molar-refractivity contribution >= 4 is 43.7 Å². The fourth-order valence-electron chi connectivity index (χ4n) is 4.41. The molecular weight excluding hydrogens is 663 g/mol. The summed E-state index contributed by atoms with van der Waals surface area (Å²) < 4.78 is 23.2. The van der Waals surface area contributed by atoms with Crippen LogP contribution < -0.4 is 0 Å². The monoisotopic (exact) mass is 720 g/mol. The molecule has 0 aliphatic rings. The molecule has 10 nitrogen and oxygen atoms in total. The third-order valence-corrected chi connectivity index (χ3v) is 17.0.